The molecular formula is C42H35Cl3N4O6. The van der Waals surface area contributed by atoms with E-state index in [0.29, 0.717) is 56.9 Å². The topological polar surface area (TPSA) is 139 Å². The van der Waals surface area contributed by atoms with Crippen LogP contribution in [0.3, 0.4) is 0 Å². The molecule has 0 bridgehead atoms. The van der Waals surface area contributed by atoms with Crippen LogP contribution in [0.1, 0.15) is 39.5 Å². The van der Waals surface area contributed by atoms with Crippen molar-refractivity contribution in [2.45, 2.75) is 44.2 Å². The number of amides is 2. The van der Waals surface area contributed by atoms with Gasteiger partial charge in [-0.2, -0.15) is 5.26 Å². The zero-order valence-electron chi connectivity index (χ0n) is 29.4. The molecule has 5 aromatic carbocycles. The summed E-state index contributed by atoms with van der Waals surface area (Å²) >= 11 is 12.5. The number of esters is 1. The number of ether oxygens (including phenoxy) is 3. The fraction of sp³-hybridized carbons (Fsp3) is 0.190. The van der Waals surface area contributed by atoms with Crippen molar-refractivity contribution < 1.29 is 28.6 Å². The quantitative estimate of drug-likeness (QED) is 0.124. The fourth-order valence-electron chi connectivity index (χ4n) is 6.50. The molecule has 280 valence electrons. The lowest BCUT2D eigenvalue weighted by atomic mass is 9.93. The van der Waals surface area contributed by atoms with Gasteiger partial charge in [0.25, 0.3) is 5.91 Å². The molecule has 0 radical (unpaired) electrons. The van der Waals surface area contributed by atoms with E-state index in [9.17, 15) is 14.4 Å². The van der Waals surface area contributed by atoms with E-state index in [1.54, 1.807) is 54.6 Å². The summed E-state index contributed by atoms with van der Waals surface area (Å²) in [5.41, 5.74) is 7.01. The molecule has 13 heteroatoms. The van der Waals surface area contributed by atoms with Crippen LogP contribution in [0.4, 0.5) is 5.69 Å². The van der Waals surface area contributed by atoms with Gasteiger partial charge in [0.1, 0.15) is 24.1 Å². The number of methoxy groups -OCH3 is 1. The molecule has 2 aliphatic rings. The predicted molar refractivity (Wildman–Crippen MR) is 212 cm³/mol. The second kappa shape index (κ2) is 17.3. The Balaban J connectivity index is 0.00000514. The van der Waals surface area contributed by atoms with Gasteiger partial charge in [0.15, 0.2) is 0 Å². The first-order chi connectivity index (χ1) is 26.2. The van der Waals surface area contributed by atoms with E-state index in [1.165, 1.54) is 7.11 Å². The zero-order chi connectivity index (χ0) is 37.8. The molecule has 2 heterocycles. The number of anilines is 1. The fourth-order valence-corrected chi connectivity index (χ4v) is 7.01. The van der Waals surface area contributed by atoms with Gasteiger partial charge in [0.05, 0.1) is 30.5 Å². The Bertz CT molecular complexity index is 2240. The van der Waals surface area contributed by atoms with E-state index in [2.05, 4.69) is 22.0 Å². The van der Waals surface area contributed by atoms with Gasteiger partial charge in [-0.1, -0.05) is 77.8 Å². The van der Waals surface area contributed by atoms with Crippen LogP contribution in [-0.4, -0.2) is 37.0 Å². The normalized spacial score (nSPS) is 16.1. The maximum atomic E-state index is 13.5. The Morgan fingerprint density at radius 3 is 2.27 bits per heavy atom. The first-order valence-electron chi connectivity index (χ1n) is 17.2. The summed E-state index contributed by atoms with van der Waals surface area (Å²) in [5.74, 6) is -0.118. The molecule has 0 aliphatic carbocycles. The lowest BCUT2D eigenvalue weighted by Crippen LogP contribution is -2.53. The predicted octanol–water partition coefficient (Wildman–Crippen LogP) is 7.52. The lowest BCUT2D eigenvalue weighted by Gasteiger charge is -2.31. The Hall–Kier alpha value is -5.57. The number of halogens is 3. The molecule has 0 saturated carbocycles. The summed E-state index contributed by atoms with van der Waals surface area (Å²) in [6, 6.07) is 31.6. The van der Waals surface area contributed by atoms with E-state index < -0.39 is 24.2 Å². The molecule has 0 spiro atoms. The van der Waals surface area contributed by atoms with Crippen LogP contribution in [0.5, 0.6) is 11.5 Å². The number of hydrogen-bond donors (Lipinski definition) is 3. The molecule has 10 nitrogen and oxygen atoms in total. The largest absolute Gasteiger partial charge is 0.489 e. The van der Waals surface area contributed by atoms with Crippen LogP contribution in [0.25, 0.3) is 11.1 Å². The third kappa shape index (κ3) is 8.88. The molecule has 3 N–H and O–H groups in total. The van der Waals surface area contributed by atoms with Crippen LogP contribution in [0, 0.1) is 11.3 Å². The van der Waals surface area contributed by atoms with Gasteiger partial charge in [-0.3, -0.25) is 9.59 Å². The summed E-state index contributed by atoms with van der Waals surface area (Å²) in [6.07, 6.45) is -0.303. The first-order valence-corrected chi connectivity index (χ1v) is 17.9. The number of nitriles is 1. The van der Waals surface area contributed by atoms with E-state index in [-0.39, 0.29) is 37.2 Å². The highest BCUT2D eigenvalue weighted by molar-refractivity contribution is 6.35. The number of fused-ring (bicyclic) bond motifs is 2. The minimum atomic E-state index is -0.902. The van der Waals surface area contributed by atoms with E-state index >= 15 is 0 Å². The van der Waals surface area contributed by atoms with Gasteiger partial charge in [0, 0.05) is 34.1 Å². The molecular weight excluding hydrogens is 763 g/mol. The van der Waals surface area contributed by atoms with Crippen molar-refractivity contribution in [1.82, 2.24) is 10.6 Å². The third-order valence-electron chi connectivity index (χ3n) is 9.49. The summed E-state index contributed by atoms with van der Waals surface area (Å²) in [5, 5.41) is 19.2. The zero-order valence-corrected chi connectivity index (χ0v) is 31.8. The molecule has 7 rings (SSSR count). The highest BCUT2D eigenvalue weighted by Gasteiger charge is 2.33. The number of hydrogen-bond acceptors (Lipinski definition) is 8. The Labute approximate surface area is 334 Å². The SMILES string of the molecule is COC(=O)[C@H](Cc1ccc(-c2ccc(C#N)cc2)cc1)NC(=O)C1Cc2cc3c(cc2CN1)O[C@@H](c1ccc(OCc2c(Cl)cccc2Cl)cc1)C(=O)N3.Cl. The molecule has 2 aliphatic heterocycles. The van der Waals surface area contributed by atoms with Crippen molar-refractivity contribution in [2.24, 2.45) is 0 Å². The monoisotopic (exact) mass is 796 g/mol. The highest BCUT2D eigenvalue weighted by atomic mass is 35.5. The Morgan fingerprint density at radius 1 is 0.945 bits per heavy atom. The van der Waals surface area contributed by atoms with Gasteiger partial charge in [0.2, 0.25) is 12.0 Å². The maximum absolute atomic E-state index is 13.5. The van der Waals surface area contributed by atoms with Crippen molar-refractivity contribution in [2.75, 3.05) is 12.4 Å². The van der Waals surface area contributed by atoms with Crippen LogP contribution < -0.4 is 25.4 Å². The van der Waals surface area contributed by atoms with Crippen LogP contribution in [0.2, 0.25) is 10.0 Å². The second-order valence-corrected chi connectivity index (χ2v) is 13.8. The highest BCUT2D eigenvalue weighted by Crippen LogP contribution is 2.39. The molecule has 3 atom stereocenters. The molecule has 2 amide bonds. The molecule has 5 aromatic rings. The third-order valence-corrected chi connectivity index (χ3v) is 10.2. The Morgan fingerprint density at radius 2 is 1.62 bits per heavy atom. The second-order valence-electron chi connectivity index (χ2n) is 13.0. The smallest absolute Gasteiger partial charge is 0.328 e. The summed E-state index contributed by atoms with van der Waals surface area (Å²) in [7, 11) is 1.29. The molecule has 0 aromatic heterocycles. The van der Waals surface area contributed by atoms with Crippen molar-refractivity contribution in [1.29, 1.82) is 5.26 Å². The number of rotatable bonds is 10. The van der Waals surface area contributed by atoms with Crippen molar-refractivity contribution in [3.63, 3.8) is 0 Å². The van der Waals surface area contributed by atoms with Gasteiger partial charge in [-0.15, -0.1) is 12.4 Å². The van der Waals surface area contributed by atoms with E-state index in [1.807, 2.05) is 48.5 Å². The number of benzene rings is 5. The standard InChI is InChI=1S/C42H34Cl2N4O6.ClH/c1-52-42(51)37(17-24-5-9-26(10-6-24)27-11-7-25(21-45)8-12-27)48-40(49)36-19-29-18-35-38(20-30(29)22-46-36)54-39(41(50)47-35)28-13-15-31(16-14-28)53-23-32-33(43)3-2-4-34(32)44;/h2-16,18,20,36-37,39,46H,17,19,22-23H2,1H3,(H,47,50)(H,48,49);1H/t36?,37-,39-;/m0./s1. The van der Waals surface area contributed by atoms with Gasteiger partial charge in [-0.25, -0.2) is 4.79 Å². The van der Waals surface area contributed by atoms with Gasteiger partial charge >= 0.3 is 5.97 Å². The van der Waals surface area contributed by atoms with Crippen LogP contribution >= 0.6 is 35.6 Å². The summed E-state index contributed by atoms with van der Waals surface area (Å²) in [6.45, 7) is 0.570. The summed E-state index contributed by atoms with van der Waals surface area (Å²) < 4.78 is 17.1. The minimum Gasteiger partial charge on any atom is -0.489 e. The minimum absolute atomic E-state index is 0. The number of nitrogens with one attached hydrogen (secondary N) is 3. The van der Waals surface area contributed by atoms with Crippen LogP contribution in [0.15, 0.2) is 103 Å². The van der Waals surface area contributed by atoms with Gasteiger partial charge in [-0.05, 0) is 82.8 Å². The lowest BCUT2D eigenvalue weighted by molar-refractivity contribution is -0.145. The Kier molecular flexibility index (Phi) is 12.3. The number of carbonyl (C=O) groups is 3. The van der Waals surface area contributed by atoms with Crippen molar-refractivity contribution >= 4 is 59.1 Å². The molecule has 0 saturated heterocycles. The number of carbonyl (C=O) groups excluding carboxylic acids is 3. The van der Waals surface area contributed by atoms with E-state index in [0.717, 1.165) is 27.8 Å². The van der Waals surface area contributed by atoms with Crippen molar-refractivity contribution in [3.8, 4) is 28.7 Å². The first kappa shape index (κ1) is 39.1. The van der Waals surface area contributed by atoms with Gasteiger partial charge < -0.3 is 30.2 Å². The average molecular weight is 798 g/mol. The van der Waals surface area contributed by atoms with E-state index in [4.69, 9.17) is 42.7 Å². The molecule has 1 unspecified atom stereocenters. The number of nitrogens with zero attached hydrogens (tertiary/aromatic N) is 1. The van der Waals surface area contributed by atoms with Crippen molar-refractivity contribution in [3.05, 3.63) is 147 Å². The molecule has 0 fully saturated rings. The molecule has 55 heavy (non-hydrogen) atoms. The summed E-state index contributed by atoms with van der Waals surface area (Å²) in [4.78, 5) is 39.5. The van der Waals surface area contributed by atoms with Crippen LogP contribution in [-0.2, 0) is 45.1 Å². The maximum Gasteiger partial charge on any atom is 0.328 e. The average Bonchev–Trinajstić information content (AvgIpc) is 3.19.